The molecular formula is C14H11N5S. The lowest BCUT2D eigenvalue weighted by Crippen LogP contribution is -2.13. The molecule has 20 heavy (non-hydrogen) atoms. The maximum atomic E-state index is 7.71. The molecule has 3 N–H and O–H groups in total. The van der Waals surface area contributed by atoms with Gasteiger partial charge in [-0.1, -0.05) is 30.0 Å². The van der Waals surface area contributed by atoms with E-state index in [-0.39, 0.29) is 5.84 Å². The molecule has 0 spiro atoms. The second-order valence-corrected chi connectivity index (χ2v) is 5.11. The van der Waals surface area contributed by atoms with Crippen LogP contribution in [0.4, 0.5) is 0 Å². The fraction of sp³-hybridized carbons (Fsp3) is 0. The summed E-state index contributed by atoms with van der Waals surface area (Å²) in [7, 11) is 0. The van der Waals surface area contributed by atoms with Gasteiger partial charge in [0.05, 0.1) is 11.7 Å². The third-order valence-electron chi connectivity index (χ3n) is 2.76. The summed E-state index contributed by atoms with van der Waals surface area (Å²) in [5.74, 6) is -0.00496. The number of nitrogens with one attached hydrogen (secondary N) is 1. The zero-order chi connectivity index (χ0) is 13.9. The molecule has 6 heteroatoms. The van der Waals surface area contributed by atoms with E-state index in [2.05, 4.69) is 15.0 Å². The van der Waals surface area contributed by atoms with Gasteiger partial charge in [-0.25, -0.2) is 4.98 Å². The fourth-order valence-electron chi connectivity index (χ4n) is 1.86. The summed E-state index contributed by atoms with van der Waals surface area (Å²) in [6.45, 7) is 0. The summed E-state index contributed by atoms with van der Waals surface area (Å²) in [4.78, 5) is 13.5. The van der Waals surface area contributed by atoms with Crippen molar-refractivity contribution in [3.63, 3.8) is 0 Å². The number of amidine groups is 1. The van der Waals surface area contributed by atoms with Gasteiger partial charge in [-0.3, -0.25) is 15.4 Å². The molecule has 0 amide bonds. The molecule has 2 heterocycles. The summed E-state index contributed by atoms with van der Waals surface area (Å²) in [6.07, 6.45) is 6.58. The first-order chi connectivity index (χ1) is 9.75. The van der Waals surface area contributed by atoms with E-state index in [1.165, 1.54) is 11.8 Å². The van der Waals surface area contributed by atoms with E-state index in [1.54, 1.807) is 24.8 Å². The number of nitrogen functional groups attached to an aromatic ring is 1. The molecule has 0 unspecified atom stereocenters. The second kappa shape index (κ2) is 5.26. The fourth-order valence-corrected chi connectivity index (χ4v) is 2.85. The van der Waals surface area contributed by atoms with Crippen LogP contribution in [-0.2, 0) is 0 Å². The van der Waals surface area contributed by atoms with Gasteiger partial charge in [-0.05, 0) is 6.07 Å². The molecule has 1 aromatic carbocycles. The van der Waals surface area contributed by atoms with Crippen LogP contribution >= 0.6 is 11.8 Å². The molecule has 0 aliphatic carbocycles. The Morgan fingerprint density at radius 3 is 2.70 bits per heavy atom. The van der Waals surface area contributed by atoms with Gasteiger partial charge in [0.2, 0.25) is 0 Å². The number of hydrogen-bond acceptors (Lipinski definition) is 5. The van der Waals surface area contributed by atoms with Gasteiger partial charge in [-0.15, -0.1) is 0 Å². The van der Waals surface area contributed by atoms with Crippen molar-refractivity contribution in [3.05, 3.63) is 54.6 Å². The van der Waals surface area contributed by atoms with Crippen molar-refractivity contribution >= 4 is 28.5 Å². The first kappa shape index (κ1) is 12.6. The van der Waals surface area contributed by atoms with Crippen LogP contribution in [0.25, 0.3) is 10.9 Å². The molecule has 2 aromatic heterocycles. The average molecular weight is 281 g/mol. The van der Waals surface area contributed by atoms with Crippen molar-refractivity contribution in [1.29, 1.82) is 5.41 Å². The number of fused-ring (bicyclic) bond motifs is 1. The van der Waals surface area contributed by atoms with Crippen LogP contribution in [0.15, 0.2) is 59.0 Å². The monoisotopic (exact) mass is 281 g/mol. The summed E-state index contributed by atoms with van der Waals surface area (Å²) in [6, 6.07) is 7.77. The highest BCUT2D eigenvalue weighted by Crippen LogP contribution is 2.34. The Bertz CT molecular complexity index is 773. The van der Waals surface area contributed by atoms with Gasteiger partial charge >= 0.3 is 0 Å². The summed E-state index contributed by atoms with van der Waals surface area (Å²) >= 11 is 1.44. The molecule has 0 aliphatic heterocycles. The van der Waals surface area contributed by atoms with E-state index in [4.69, 9.17) is 11.1 Å². The van der Waals surface area contributed by atoms with Crippen LogP contribution in [0.1, 0.15) is 5.56 Å². The number of nitrogens with zero attached hydrogens (tertiary/aromatic N) is 3. The van der Waals surface area contributed by atoms with E-state index >= 15 is 0 Å². The number of aromatic nitrogens is 3. The molecule has 3 rings (SSSR count). The predicted octanol–water partition coefficient (Wildman–Crippen LogP) is 2.46. The van der Waals surface area contributed by atoms with Gasteiger partial charge < -0.3 is 5.73 Å². The highest BCUT2D eigenvalue weighted by molar-refractivity contribution is 7.99. The SMILES string of the molecule is N=C(N)c1cnc2ccccc2c1Sc1cnccn1. The zero-order valence-corrected chi connectivity index (χ0v) is 11.3. The third kappa shape index (κ3) is 2.33. The Kier molecular flexibility index (Phi) is 3.30. The number of pyridine rings is 1. The molecule has 0 saturated heterocycles. The van der Waals surface area contributed by atoms with E-state index in [0.717, 1.165) is 20.8 Å². The first-order valence-electron chi connectivity index (χ1n) is 5.91. The quantitative estimate of drug-likeness (QED) is 0.568. The Morgan fingerprint density at radius 2 is 1.95 bits per heavy atom. The van der Waals surface area contributed by atoms with Crippen molar-refractivity contribution in [3.8, 4) is 0 Å². The molecule has 0 bridgehead atoms. The van der Waals surface area contributed by atoms with Crippen molar-refractivity contribution < 1.29 is 0 Å². The minimum absolute atomic E-state index is 0.00496. The standard InChI is InChI=1S/C14H11N5S/c15-14(16)10-7-19-11-4-2-1-3-9(11)13(10)20-12-8-17-5-6-18-12/h1-8H,(H3,15,16). The molecule has 5 nitrogen and oxygen atoms in total. The smallest absolute Gasteiger partial charge is 0.125 e. The number of benzene rings is 1. The Hall–Kier alpha value is -2.47. The van der Waals surface area contributed by atoms with Crippen LogP contribution in [0.2, 0.25) is 0 Å². The lowest BCUT2D eigenvalue weighted by molar-refractivity contribution is 1.05. The average Bonchev–Trinajstić information content (AvgIpc) is 2.48. The van der Waals surface area contributed by atoms with Gasteiger partial charge in [0.15, 0.2) is 0 Å². The number of hydrogen-bond donors (Lipinski definition) is 2. The van der Waals surface area contributed by atoms with E-state index in [1.807, 2.05) is 24.3 Å². The highest BCUT2D eigenvalue weighted by Gasteiger charge is 2.13. The van der Waals surface area contributed by atoms with Gasteiger partial charge in [0, 0.05) is 34.4 Å². The minimum Gasteiger partial charge on any atom is -0.384 e. The van der Waals surface area contributed by atoms with Crippen LogP contribution < -0.4 is 5.73 Å². The van der Waals surface area contributed by atoms with E-state index in [9.17, 15) is 0 Å². The Morgan fingerprint density at radius 1 is 1.10 bits per heavy atom. The van der Waals surface area contributed by atoms with Gasteiger partial charge in [0.25, 0.3) is 0 Å². The van der Waals surface area contributed by atoms with Crippen molar-refractivity contribution in [2.24, 2.45) is 5.73 Å². The summed E-state index contributed by atoms with van der Waals surface area (Å²) in [5.41, 5.74) is 7.13. The van der Waals surface area contributed by atoms with E-state index < -0.39 is 0 Å². The summed E-state index contributed by atoms with van der Waals surface area (Å²) in [5, 5.41) is 9.42. The first-order valence-corrected chi connectivity index (χ1v) is 6.73. The maximum Gasteiger partial charge on any atom is 0.125 e. The molecule has 98 valence electrons. The van der Waals surface area contributed by atoms with Crippen LogP contribution in [0.5, 0.6) is 0 Å². The highest BCUT2D eigenvalue weighted by atomic mass is 32.2. The normalized spacial score (nSPS) is 10.6. The number of rotatable bonds is 3. The van der Waals surface area contributed by atoms with Crippen molar-refractivity contribution in [2.75, 3.05) is 0 Å². The topological polar surface area (TPSA) is 88.5 Å². The van der Waals surface area contributed by atoms with Crippen molar-refractivity contribution in [1.82, 2.24) is 15.0 Å². The second-order valence-electron chi connectivity index (χ2n) is 4.08. The Labute approximate surface area is 119 Å². The minimum atomic E-state index is -0.00496. The molecule has 3 aromatic rings. The van der Waals surface area contributed by atoms with Crippen LogP contribution in [0, 0.1) is 5.41 Å². The molecule has 0 saturated carbocycles. The zero-order valence-electron chi connectivity index (χ0n) is 10.4. The molecular weight excluding hydrogens is 270 g/mol. The number of nitrogens with two attached hydrogens (primary N) is 1. The molecule has 0 radical (unpaired) electrons. The largest absolute Gasteiger partial charge is 0.384 e. The van der Waals surface area contributed by atoms with E-state index in [0.29, 0.717) is 5.56 Å². The third-order valence-corrected chi connectivity index (χ3v) is 3.83. The summed E-state index contributed by atoms with van der Waals surface area (Å²) < 4.78 is 0. The molecule has 0 aliphatic rings. The lowest BCUT2D eigenvalue weighted by Gasteiger charge is -2.10. The lowest BCUT2D eigenvalue weighted by atomic mass is 10.1. The van der Waals surface area contributed by atoms with Crippen molar-refractivity contribution in [2.45, 2.75) is 9.92 Å². The predicted molar refractivity (Wildman–Crippen MR) is 78.9 cm³/mol. The van der Waals surface area contributed by atoms with Crippen LogP contribution in [0.3, 0.4) is 0 Å². The van der Waals surface area contributed by atoms with Gasteiger partial charge in [-0.2, -0.15) is 0 Å². The molecule has 0 atom stereocenters. The Balaban J connectivity index is 2.20. The maximum absolute atomic E-state index is 7.71. The van der Waals surface area contributed by atoms with Gasteiger partial charge in [0.1, 0.15) is 10.9 Å². The molecule has 0 fully saturated rings. The van der Waals surface area contributed by atoms with Crippen LogP contribution in [-0.4, -0.2) is 20.8 Å². The number of para-hydroxylation sites is 1.